The van der Waals surface area contributed by atoms with Crippen LogP contribution in [0.25, 0.3) is 10.8 Å². The fraction of sp³-hybridized carbons (Fsp3) is 0.414. The van der Waals surface area contributed by atoms with Crippen LogP contribution in [0.3, 0.4) is 0 Å². The molecule has 1 aliphatic heterocycles. The second kappa shape index (κ2) is 9.30. The summed E-state index contributed by atoms with van der Waals surface area (Å²) >= 11 is 0. The van der Waals surface area contributed by atoms with Crippen LogP contribution in [-0.4, -0.2) is 43.7 Å². The summed E-state index contributed by atoms with van der Waals surface area (Å²) in [5.74, 6) is 1.56. The minimum Gasteiger partial charge on any atom is -0.494 e. The Hall–Kier alpha value is -3.05. The molecule has 1 N–H and O–H groups in total. The molecule has 1 atom stereocenters. The van der Waals surface area contributed by atoms with Crippen LogP contribution in [0.1, 0.15) is 54.1 Å². The summed E-state index contributed by atoms with van der Waals surface area (Å²) in [6.45, 7) is 6.54. The van der Waals surface area contributed by atoms with Gasteiger partial charge in [0.05, 0.1) is 12.1 Å². The summed E-state index contributed by atoms with van der Waals surface area (Å²) in [6.07, 6.45) is 3.96. The third kappa shape index (κ3) is 4.49. The van der Waals surface area contributed by atoms with E-state index in [1.165, 1.54) is 5.39 Å². The Morgan fingerprint density at radius 2 is 1.91 bits per heavy atom. The standard InChI is InChI=1S/C29H34N2O3/c1-4-15-33-24-16-21-7-5-6-8-25(21)27(18-24)29(12-13-29)30-28(32)26-17-23(10-9-20(26)2)34-19-22-11-14-31(22)3/h5-10,16-18,22H,4,11-15,19H2,1-3H3,(H,30,32). The molecule has 3 aromatic carbocycles. The Kier molecular flexibility index (Phi) is 6.22. The van der Waals surface area contributed by atoms with Gasteiger partial charge in [-0.2, -0.15) is 0 Å². The van der Waals surface area contributed by atoms with E-state index in [9.17, 15) is 4.79 Å². The SMILES string of the molecule is CCCOc1cc(C2(NC(=O)c3cc(OCC4CCN4C)ccc3C)CC2)c2ccccc2c1. The molecule has 0 bridgehead atoms. The number of benzene rings is 3. The quantitative estimate of drug-likeness (QED) is 0.464. The first-order valence-corrected chi connectivity index (χ1v) is 12.4. The lowest BCUT2D eigenvalue weighted by Crippen LogP contribution is -2.48. The fourth-order valence-corrected chi connectivity index (χ4v) is 4.76. The zero-order chi connectivity index (χ0) is 23.7. The molecule has 3 aromatic rings. The van der Waals surface area contributed by atoms with Gasteiger partial charge in [-0.05, 0) is 92.4 Å². The lowest BCUT2D eigenvalue weighted by atomic mass is 9.95. The van der Waals surface area contributed by atoms with Crippen molar-refractivity contribution in [2.75, 3.05) is 26.8 Å². The molecule has 5 nitrogen and oxygen atoms in total. The number of fused-ring (bicyclic) bond motifs is 1. The van der Waals surface area contributed by atoms with E-state index in [0.717, 1.165) is 60.2 Å². The van der Waals surface area contributed by atoms with Crippen LogP contribution in [0.15, 0.2) is 54.6 Å². The average molecular weight is 459 g/mol. The van der Waals surface area contributed by atoms with E-state index in [4.69, 9.17) is 9.47 Å². The van der Waals surface area contributed by atoms with E-state index in [2.05, 4.69) is 54.5 Å². The lowest BCUT2D eigenvalue weighted by molar-refractivity contribution is 0.0767. The topological polar surface area (TPSA) is 50.8 Å². The first-order valence-electron chi connectivity index (χ1n) is 12.4. The number of likely N-dealkylation sites (N-methyl/N-ethyl adjacent to an activating group) is 1. The van der Waals surface area contributed by atoms with Gasteiger partial charge < -0.3 is 14.8 Å². The molecule has 5 heteroatoms. The van der Waals surface area contributed by atoms with Crippen molar-refractivity contribution in [2.24, 2.45) is 0 Å². The number of amides is 1. The van der Waals surface area contributed by atoms with Gasteiger partial charge in [-0.25, -0.2) is 0 Å². The largest absolute Gasteiger partial charge is 0.494 e. The number of likely N-dealkylation sites (tertiary alicyclic amines) is 1. The summed E-state index contributed by atoms with van der Waals surface area (Å²) in [5.41, 5.74) is 2.41. The number of nitrogens with zero attached hydrogens (tertiary/aromatic N) is 1. The van der Waals surface area contributed by atoms with Crippen LogP contribution in [0, 0.1) is 6.92 Å². The second-order valence-corrected chi connectivity index (χ2v) is 9.79. The Balaban J connectivity index is 1.39. The van der Waals surface area contributed by atoms with Gasteiger partial charge in [0.2, 0.25) is 0 Å². The van der Waals surface area contributed by atoms with E-state index in [-0.39, 0.29) is 11.4 Å². The summed E-state index contributed by atoms with van der Waals surface area (Å²) in [7, 11) is 2.12. The monoisotopic (exact) mass is 458 g/mol. The van der Waals surface area contributed by atoms with Crippen LogP contribution in [0.4, 0.5) is 0 Å². The molecule has 2 aliphatic rings. The van der Waals surface area contributed by atoms with Crippen LogP contribution in [0.2, 0.25) is 0 Å². The van der Waals surface area contributed by atoms with Crippen molar-refractivity contribution in [3.8, 4) is 11.5 Å². The molecule has 1 heterocycles. The molecule has 0 spiro atoms. The molecule has 1 amide bonds. The predicted molar refractivity (Wildman–Crippen MR) is 136 cm³/mol. The maximum Gasteiger partial charge on any atom is 0.252 e. The number of hydrogen-bond acceptors (Lipinski definition) is 4. The van der Waals surface area contributed by atoms with Gasteiger partial charge in [-0.15, -0.1) is 0 Å². The Bertz CT molecular complexity index is 1200. The van der Waals surface area contributed by atoms with Crippen LogP contribution in [-0.2, 0) is 5.54 Å². The molecule has 34 heavy (non-hydrogen) atoms. The van der Waals surface area contributed by atoms with E-state index >= 15 is 0 Å². The van der Waals surface area contributed by atoms with E-state index in [0.29, 0.717) is 24.8 Å². The first kappa shape index (κ1) is 22.7. The van der Waals surface area contributed by atoms with Crippen molar-refractivity contribution >= 4 is 16.7 Å². The Morgan fingerprint density at radius 3 is 2.62 bits per heavy atom. The summed E-state index contributed by atoms with van der Waals surface area (Å²) in [5, 5.41) is 5.69. The average Bonchev–Trinajstić information content (AvgIpc) is 3.62. The summed E-state index contributed by atoms with van der Waals surface area (Å²) in [4.78, 5) is 15.8. The zero-order valence-electron chi connectivity index (χ0n) is 20.4. The second-order valence-electron chi connectivity index (χ2n) is 9.79. The molecule has 0 aromatic heterocycles. The highest BCUT2D eigenvalue weighted by Crippen LogP contribution is 2.49. The highest BCUT2D eigenvalue weighted by Gasteiger charge is 2.47. The maximum atomic E-state index is 13.5. The molecule has 1 unspecified atom stereocenters. The van der Waals surface area contributed by atoms with Crippen molar-refractivity contribution in [1.29, 1.82) is 0 Å². The fourth-order valence-electron chi connectivity index (χ4n) is 4.76. The van der Waals surface area contributed by atoms with Crippen LogP contribution >= 0.6 is 0 Å². The highest BCUT2D eigenvalue weighted by atomic mass is 16.5. The van der Waals surface area contributed by atoms with Gasteiger partial charge in [0, 0.05) is 11.6 Å². The number of aryl methyl sites for hydroxylation is 1. The van der Waals surface area contributed by atoms with Gasteiger partial charge >= 0.3 is 0 Å². The van der Waals surface area contributed by atoms with E-state index in [1.807, 2.05) is 31.2 Å². The first-order chi connectivity index (χ1) is 16.5. The minimum atomic E-state index is -0.361. The molecular formula is C29H34N2O3. The third-order valence-electron chi connectivity index (χ3n) is 7.26. The van der Waals surface area contributed by atoms with Gasteiger partial charge in [0.15, 0.2) is 0 Å². The van der Waals surface area contributed by atoms with Crippen molar-refractivity contribution in [3.05, 3.63) is 71.3 Å². The molecular weight excluding hydrogens is 424 g/mol. The van der Waals surface area contributed by atoms with Crippen molar-refractivity contribution in [2.45, 2.75) is 51.1 Å². The number of nitrogens with one attached hydrogen (secondary N) is 1. The molecule has 178 valence electrons. The molecule has 5 rings (SSSR count). The highest BCUT2D eigenvalue weighted by molar-refractivity contribution is 5.98. The zero-order valence-corrected chi connectivity index (χ0v) is 20.4. The van der Waals surface area contributed by atoms with Gasteiger partial charge in [0.1, 0.15) is 18.1 Å². The maximum absolute atomic E-state index is 13.5. The normalized spacial score (nSPS) is 18.9. The number of rotatable bonds is 9. The molecule has 0 radical (unpaired) electrons. The number of carbonyl (C=O) groups excluding carboxylic acids is 1. The van der Waals surface area contributed by atoms with Gasteiger partial charge in [-0.1, -0.05) is 37.3 Å². The van der Waals surface area contributed by atoms with E-state index in [1.54, 1.807) is 0 Å². The van der Waals surface area contributed by atoms with Crippen LogP contribution < -0.4 is 14.8 Å². The lowest BCUT2D eigenvalue weighted by Gasteiger charge is -2.37. The van der Waals surface area contributed by atoms with E-state index < -0.39 is 0 Å². The molecule has 1 aliphatic carbocycles. The van der Waals surface area contributed by atoms with Gasteiger partial charge in [0.25, 0.3) is 5.91 Å². The van der Waals surface area contributed by atoms with Crippen molar-refractivity contribution in [3.63, 3.8) is 0 Å². The minimum absolute atomic E-state index is 0.0508. The van der Waals surface area contributed by atoms with Gasteiger partial charge in [-0.3, -0.25) is 9.69 Å². The Labute approximate surface area is 202 Å². The summed E-state index contributed by atoms with van der Waals surface area (Å²) in [6, 6.07) is 18.8. The number of hydrogen-bond donors (Lipinski definition) is 1. The van der Waals surface area contributed by atoms with Crippen molar-refractivity contribution < 1.29 is 14.3 Å². The third-order valence-corrected chi connectivity index (χ3v) is 7.26. The van der Waals surface area contributed by atoms with Crippen molar-refractivity contribution in [1.82, 2.24) is 10.2 Å². The molecule has 2 fully saturated rings. The predicted octanol–water partition coefficient (Wildman–Crippen LogP) is 5.44. The Morgan fingerprint density at radius 1 is 1.09 bits per heavy atom. The summed E-state index contributed by atoms with van der Waals surface area (Å²) < 4.78 is 12.0. The van der Waals surface area contributed by atoms with Crippen LogP contribution in [0.5, 0.6) is 11.5 Å². The number of carbonyl (C=O) groups is 1. The molecule has 1 saturated heterocycles. The molecule has 1 saturated carbocycles. The number of ether oxygens (including phenoxy) is 2. The smallest absolute Gasteiger partial charge is 0.252 e.